The molecule has 1 aromatic rings. The third-order valence-electron chi connectivity index (χ3n) is 4.57. The molecule has 3 rings (SSSR count). The number of rotatable bonds is 2. The van der Waals surface area contributed by atoms with Gasteiger partial charge in [-0.05, 0) is 44.8 Å². The van der Waals surface area contributed by atoms with Crippen LogP contribution >= 0.6 is 0 Å². The van der Waals surface area contributed by atoms with Crippen LogP contribution in [0.5, 0.6) is 0 Å². The maximum atomic E-state index is 11.2. The monoisotopic (exact) mass is 285 g/mol. The van der Waals surface area contributed by atoms with Gasteiger partial charge < -0.3 is 14.6 Å². The Balaban J connectivity index is 2.08. The summed E-state index contributed by atoms with van der Waals surface area (Å²) in [6.45, 7) is 8.86. The molecule has 110 valence electrons. The molecule has 1 N–H and O–H groups in total. The molecule has 1 aromatic carbocycles. The number of carbonyl (C=O) groups excluding carboxylic acids is 1. The number of anilines is 1. The van der Waals surface area contributed by atoms with Gasteiger partial charge >= 0.3 is 7.12 Å². The topological polar surface area (TPSA) is 47.6 Å². The molecule has 0 saturated carbocycles. The predicted octanol–water partition coefficient (Wildman–Crippen LogP) is 2.24. The summed E-state index contributed by atoms with van der Waals surface area (Å²) in [7, 11) is -0.465. The molecule has 2 aliphatic rings. The van der Waals surface area contributed by atoms with Crippen molar-refractivity contribution >= 4 is 30.6 Å². The van der Waals surface area contributed by atoms with Gasteiger partial charge in [0.15, 0.2) is 0 Å². The minimum atomic E-state index is -0.465. The fraction of sp³-hybridized carbons (Fsp3) is 0.438. The largest absolute Gasteiger partial charge is 0.495 e. The van der Waals surface area contributed by atoms with Crippen LogP contribution in [0.3, 0.4) is 0 Å². The van der Waals surface area contributed by atoms with E-state index >= 15 is 0 Å². The van der Waals surface area contributed by atoms with Crippen molar-refractivity contribution in [3.8, 4) is 0 Å². The molecular formula is C16H20BNO3. The lowest BCUT2D eigenvalue weighted by Gasteiger charge is -2.32. The number of hydrogen-bond acceptors (Lipinski definition) is 4. The lowest BCUT2D eigenvalue weighted by molar-refractivity contribution is 0.00578. The minimum absolute atomic E-state index is 0.395. The highest BCUT2D eigenvalue weighted by molar-refractivity contribution is 6.63. The van der Waals surface area contributed by atoms with Crippen LogP contribution in [0.25, 0.3) is 6.08 Å². The number of nitrogens with one attached hydrogen (secondary N) is 1. The molecular weight excluding hydrogens is 265 g/mol. The van der Waals surface area contributed by atoms with Crippen LogP contribution in [0, 0.1) is 0 Å². The zero-order chi connectivity index (χ0) is 15.3. The van der Waals surface area contributed by atoms with Gasteiger partial charge in [-0.25, -0.2) is 0 Å². The van der Waals surface area contributed by atoms with E-state index in [9.17, 15) is 4.79 Å². The van der Waals surface area contributed by atoms with E-state index in [0.29, 0.717) is 5.56 Å². The summed E-state index contributed by atoms with van der Waals surface area (Å²) in [6.07, 6.45) is 4.97. The molecule has 0 unspecified atom stereocenters. The molecule has 0 aromatic heterocycles. The average molecular weight is 285 g/mol. The van der Waals surface area contributed by atoms with Gasteiger partial charge in [-0.15, -0.1) is 0 Å². The first-order valence-electron chi connectivity index (χ1n) is 7.23. The van der Waals surface area contributed by atoms with Crippen molar-refractivity contribution in [1.29, 1.82) is 0 Å². The second-order valence-electron chi connectivity index (χ2n) is 6.56. The molecule has 5 heteroatoms. The number of hydrogen-bond donors (Lipinski definition) is 1. The van der Waals surface area contributed by atoms with Gasteiger partial charge in [-0.3, -0.25) is 4.79 Å². The van der Waals surface area contributed by atoms with E-state index in [1.165, 1.54) is 0 Å². The van der Waals surface area contributed by atoms with Gasteiger partial charge in [0.05, 0.1) is 11.2 Å². The molecule has 0 radical (unpaired) electrons. The van der Waals surface area contributed by atoms with Gasteiger partial charge in [0.25, 0.3) is 0 Å². The summed E-state index contributed by atoms with van der Waals surface area (Å²) in [5, 5.41) is 3.29. The highest BCUT2D eigenvalue weighted by Crippen LogP contribution is 2.37. The van der Waals surface area contributed by atoms with Crippen molar-refractivity contribution < 1.29 is 14.1 Å². The van der Waals surface area contributed by atoms with Gasteiger partial charge in [0.2, 0.25) is 0 Å². The molecule has 1 fully saturated rings. The zero-order valence-electron chi connectivity index (χ0n) is 12.9. The first-order valence-corrected chi connectivity index (χ1v) is 7.23. The SMILES string of the molecule is CC1(C)OB(c2cc(C=O)cc3c2C=CCN3)OC1(C)C. The number of aldehydes is 1. The molecule has 4 nitrogen and oxygen atoms in total. The van der Waals surface area contributed by atoms with Crippen LogP contribution in [0.1, 0.15) is 43.6 Å². The van der Waals surface area contributed by atoms with Crippen LogP contribution < -0.4 is 10.8 Å². The maximum absolute atomic E-state index is 11.2. The summed E-state index contributed by atoms with van der Waals surface area (Å²) < 4.78 is 12.2. The van der Waals surface area contributed by atoms with Crippen LogP contribution in [0.2, 0.25) is 0 Å². The molecule has 2 aliphatic heterocycles. The first kappa shape index (κ1) is 14.4. The lowest BCUT2D eigenvalue weighted by Crippen LogP contribution is -2.41. The van der Waals surface area contributed by atoms with Crippen LogP contribution in [-0.4, -0.2) is 31.2 Å². The Bertz CT molecular complexity index is 606. The van der Waals surface area contributed by atoms with Gasteiger partial charge in [0.1, 0.15) is 6.29 Å². The molecule has 0 spiro atoms. The van der Waals surface area contributed by atoms with Crippen LogP contribution in [-0.2, 0) is 9.31 Å². The van der Waals surface area contributed by atoms with Crippen molar-refractivity contribution in [2.75, 3.05) is 11.9 Å². The van der Waals surface area contributed by atoms with E-state index in [1.807, 2.05) is 39.8 Å². The molecule has 21 heavy (non-hydrogen) atoms. The third kappa shape index (κ3) is 2.30. The molecule has 1 saturated heterocycles. The highest BCUT2D eigenvalue weighted by Gasteiger charge is 2.52. The maximum Gasteiger partial charge on any atom is 0.495 e. The summed E-state index contributed by atoms with van der Waals surface area (Å²) >= 11 is 0. The van der Waals surface area contributed by atoms with Crippen molar-refractivity contribution in [3.63, 3.8) is 0 Å². The van der Waals surface area contributed by atoms with Crippen LogP contribution in [0.15, 0.2) is 18.2 Å². The second kappa shape index (κ2) is 4.72. The quantitative estimate of drug-likeness (QED) is 0.668. The molecule has 2 heterocycles. The summed E-state index contributed by atoms with van der Waals surface area (Å²) in [6, 6.07) is 3.71. The van der Waals surface area contributed by atoms with E-state index in [1.54, 1.807) is 0 Å². The highest BCUT2D eigenvalue weighted by atomic mass is 16.7. The predicted molar refractivity (Wildman–Crippen MR) is 85.1 cm³/mol. The van der Waals surface area contributed by atoms with Crippen molar-refractivity contribution in [2.45, 2.75) is 38.9 Å². The molecule has 0 aliphatic carbocycles. The Morgan fingerprint density at radius 1 is 1.19 bits per heavy atom. The Morgan fingerprint density at radius 3 is 2.48 bits per heavy atom. The average Bonchev–Trinajstić information content (AvgIpc) is 2.66. The summed E-state index contributed by atoms with van der Waals surface area (Å²) in [5.74, 6) is 0. The Kier molecular flexibility index (Phi) is 3.22. The molecule has 0 bridgehead atoms. The van der Waals surface area contributed by atoms with E-state index < -0.39 is 18.3 Å². The standard InChI is InChI=1S/C16H20BNO3/c1-15(2)16(3,4)21-17(20-15)13-8-11(10-19)9-14-12(13)6-5-7-18-14/h5-6,8-10,18H,7H2,1-4H3. The first-order chi connectivity index (χ1) is 9.84. The fourth-order valence-corrected chi connectivity index (χ4v) is 2.61. The second-order valence-corrected chi connectivity index (χ2v) is 6.56. The van der Waals surface area contributed by atoms with E-state index in [0.717, 1.165) is 29.5 Å². The molecule has 0 atom stereocenters. The van der Waals surface area contributed by atoms with Crippen LogP contribution in [0.4, 0.5) is 5.69 Å². The normalized spacial score (nSPS) is 21.8. The minimum Gasteiger partial charge on any atom is -0.399 e. The van der Waals surface area contributed by atoms with Crippen molar-refractivity contribution in [2.24, 2.45) is 0 Å². The zero-order valence-corrected chi connectivity index (χ0v) is 12.9. The Labute approximate surface area is 125 Å². The van der Waals surface area contributed by atoms with E-state index in [4.69, 9.17) is 9.31 Å². The Hall–Kier alpha value is -1.59. The lowest BCUT2D eigenvalue weighted by atomic mass is 9.74. The number of carbonyl (C=O) groups is 1. The van der Waals surface area contributed by atoms with E-state index in [2.05, 4.69) is 17.5 Å². The molecule has 0 amide bonds. The van der Waals surface area contributed by atoms with Crippen molar-refractivity contribution in [3.05, 3.63) is 29.3 Å². The summed E-state index contributed by atoms with van der Waals surface area (Å²) in [4.78, 5) is 11.2. The van der Waals surface area contributed by atoms with E-state index in [-0.39, 0.29) is 0 Å². The van der Waals surface area contributed by atoms with Crippen molar-refractivity contribution in [1.82, 2.24) is 0 Å². The fourth-order valence-electron chi connectivity index (χ4n) is 2.61. The smallest absolute Gasteiger partial charge is 0.399 e. The van der Waals surface area contributed by atoms with Gasteiger partial charge in [-0.1, -0.05) is 18.2 Å². The number of fused-ring (bicyclic) bond motifs is 1. The summed E-state index contributed by atoms with van der Waals surface area (Å²) in [5.41, 5.74) is 2.72. The number of benzene rings is 1. The third-order valence-corrected chi connectivity index (χ3v) is 4.57. The van der Waals surface area contributed by atoms with Gasteiger partial charge in [-0.2, -0.15) is 0 Å². The van der Waals surface area contributed by atoms with Gasteiger partial charge in [0, 0.05) is 17.8 Å². The Morgan fingerprint density at radius 2 is 1.86 bits per heavy atom.